The van der Waals surface area contributed by atoms with Crippen molar-refractivity contribution in [2.24, 2.45) is 5.92 Å². The van der Waals surface area contributed by atoms with Crippen LogP contribution in [0.2, 0.25) is 0 Å². The van der Waals surface area contributed by atoms with E-state index in [0.717, 1.165) is 32.2 Å². The molecule has 0 radical (unpaired) electrons. The van der Waals surface area contributed by atoms with Gasteiger partial charge in [0.2, 0.25) is 0 Å². The normalized spacial score (nSPS) is 24.2. The summed E-state index contributed by atoms with van der Waals surface area (Å²) in [4.78, 5) is 2.54. The first-order chi connectivity index (χ1) is 8.17. The fraction of sp³-hybridized carbons (Fsp3) is 1.00. The van der Waals surface area contributed by atoms with Crippen molar-refractivity contribution in [3.05, 3.63) is 0 Å². The zero-order valence-electron chi connectivity index (χ0n) is 12.0. The summed E-state index contributed by atoms with van der Waals surface area (Å²) in [5.74, 6) is 0.726. The molecule has 1 fully saturated rings. The maximum Gasteiger partial charge on any atom is 0.0855 e. The second-order valence-corrected chi connectivity index (χ2v) is 5.50. The lowest BCUT2D eigenvalue weighted by atomic mass is 9.98. The van der Waals surface area contributed by atoms with Crippen LogP contribution in [0.15, 0.2) is 0 Å². The van der Waals surface area contributed by atoms with Gasteiger partial charge in [-0.05, 0) is 31.8 Å². The van der Waals surface area contributed by atoms with E-state index in [1.807, 2.05) is 0 Å². The van der Waals surface area contributed by atoms with Crippen molar-refractivity contribution in [2.45, 2.75) is 52.7 Å². The molecule has 1 rings (SSSR count). The topological polar surface area (TPSA) is 24.5 Å². The van der Waals surface area contributed by atoms with E-state index in [2.05, 4.69) is 37.9 Å². The molecule has 17 heavy (non-hydrogen) atoms. The van der Waals surface area contributed by atoms with Gasteiger partial charge in [-0.1, -0.05) is 27.7 Å². The van der Waals surface area contributed by atoms with Gasteiger partial charge in [0.1, 0.15) is 0 Å². The van der Waals surface area contributed by atoms with Crippen LogP contribution in [0, 0.1) is 5.92 Å². The molecule has 0 aliphatic carbocycles. The van der Waals surface area contributed by atoms with Gasteiger partial charge in [0.15, 0.2) is 0 Å². The molecule has 1 aliphatic rings. The van der Waals surface area contributed by atoms with Crippen LogP contribution in [0.3, 0.4) is 0 Å². The van der Waals surface area contributed by atoms with Crippen LogP contribution in [-0.4, -0.2) is 49.8 Å². The minimum absolute atomic E-state index is 0.373. The molecule has 0 amide bonds. The summed E-state index contributed by atoms with van der Waals surface area (Å²) in [5.41, 5.74) is 0. The third-order valence-electron chi connectivity index (χ3n) is 3.36. The lowest BCUT2D eigenvalue weighted by molar-refractivity contribution is -0.0490. The monoisotopic (exact) mass is 242 g/mol. The molecule has 2 unspecified atom stereocenters. The average molecular weight is 242 g/mol. The van der Waals surface area contributed by atoms with E-state index in [-0.39, 0.29) is 0 Å². The van der Waals surface area contributed by atoms with Crippen LogP contribution in [-0.2, 0) is 4.74 Å². The number of morpholine rings is 1. The maximum absolute atomic E-state index is 5.97. The number of likely N-dealkylation sites (N-methyl/N-ethyl adjacent to an activating group) is 1. The first-order valence-electron chi connectivity index (χ1n) is 7.24. The molecule has 1 aliphatic heterocycles. The Labute approximate surface area is 107 Å². The molecule has 0 bridgehead atoms. The van der Waals surface area contributed by atoms with Crippen LogP contribution in [0.4, 0.5) is 0 Å². The van der Waals surface area contributed by atoms with Crippen molar-refractivity contribution in [3.63, 3.8) is 0 Å². The molecule has 1 saturated heterocycles. The third-order valence-corrected chi connectivity index (χ3v) is 3.36. The fourth-order valence-corrected chi connectivity index (χ4v) is 2.63. The summed E-state index contributed by atoms with van der Waals surface area (Å²) < 4.78 is 5.97. The largest absolute Gasteiger partial charge is 0.374 e. The Kier molecular flexibility index (Phi) is 7.09. The molecule has 1 heterocycles. The minimum Gasteiger partial charge on any atom is -0.374 e. The molecule has 0 aromatic carbocycles. The van der Waals surface area contributed by atoms with Gasteiger partial charge < -0.3 is 10.1 Å². The third kappa shape index (κ3) is 5.36. The highest BCUT2D eigenvalue weighted by atomic mass is 16.5. The van der Waals surface area contributed by atoms with Crippen LogP contribution in [0.5, 0.6) is 0 Å². The van der Waals surface area contributed by atoms with Gasteiger partial charge >= 0.3 is 0 Å². The standard InChI is InChI=1S/C14H30N2O/c1-5-7-16-8-9-17-14(11-16)13(15-6-2)10-12(3)4/h12-15H,5-11H2,1-4H3. The van der Waals surface area contributed by atoms with Gasteiger partial charge in [-0.15, -0.1) is 0 Å². The number of nitrogens with zero attached hydrogens (tertiary/aromatic N) is 1. The van der Waals surface area contributed by atoms with Crippen LogP contribution in [0.25, 0.3) is 0 Å². The number of rotatable bonds is 7. The first-order valence-corrected chi connectivity index (χ1v) is 7.24. The van der Waals surface area contributed by atoms with Gasteiger partial charge in [-0.3, -0.25) is 4.90 Å². The van der Waals surface area contributed by atoms with Gasteiger partial charge in [0.25, 0.3) is 0 Å². The lowest BCUT2D eigenvalue weighted by Crippen LogP contribution is -2.52. The quantitative estimate of drug-likeness (QED) is 0.740. The van der Waals surface area contributed by atoms with Crippen molar-refractivity contribution in [1.29, 1.82) is 0 Å². The second-order valence-electron chi connectivity index (χ2n) is 5.50. The lowest BCUT2D eigenvalue weighted by Gasteiger charge is -2.37. The van der Waals surface area contributed by atoms with Crippen molar-refractivity contribution >= 4 is 0 Å². The van der Waals surface area contributed by atoms with Crippen molar-refractivity contribution in [2.75, 3.05) is 32.8 Å². The smallest absolute Gasteiger partial charge is 0.0855 e. The molecule has 2 atom stereocenters. The maximum atomic E-state index is 5.97. The molecule has 0 aromatic heterocycles. The molecule has 3 heteroatoms. The molecule has 1 N–H and O–H groups in total. The van der Waals surface area contributed by atoms with E-state index in [1.54, 1.807) is 0 Å². The number of hydrogen-bond donors (Lipinski definition) is 1. The summed E-state index contributed by atoms with van der Waals surface area (Å²) in [6.07, 6.45) is 2.82. The van der Waals surface area contributed by atoms with E-state index in [4.69, 9.17) is 4.74 Å². The Balaban J connectivity index is 2.47. The summed E-state index contributed by atoms with van der Waals surface area (Å²) >= 11 is 0. The highest BCUT2D eigenvalue weighted by Gasteiger charge is 2.27. The number of hydrogen-bond acceptors (Lipinski definition) is 3. The Bertz CT molecular complexity index is 195. The van der Waals surface area contributed by atoms with E-state index in [9.17, 15) is 0 Å². The molecule has 3 nitrogen and oxygen atoms in total. The fourth-order valence-electron chi connectivity index (χ4n) is 2.63. The van der Waals surface area contributed by atoms with E-state index in [1.165, 1.54) is 19.4 Å². The molecule has 0 spiro atoms. The SMILES string of the molecule is CCCN1CCOC(C(CC(C)C)NCC)C1. The Morgan fingerprint density at radius 3 is 2.71 bits per heavy atom. The molecule has 0 aromatic rings. The predicted molar refractivity (Wildman–Crippen MR) is 73.4 cm³/mol. The summed E-state index contributed by atoms with van der Waals surface area (Å²) in [5, 5.41) is 3.59. The van der Waals surface area contributed by atoms with E-state index >= 15 is 0 Å². The second kappa shape index (κ2) is 8.06. The molecule has 102 valence electrons. The zero-order valence-corrected chi connectivity index (χ0v) is 12.0. The zero-order chi connectivity index (χ0) is 12.7. The van der Waals surface area contributed by atoms with E-state index in [0.29, 0.717) is 12.1 Å². The Hall–Kier alpha value is -0.120. The minimum atomic E-state index is 0.373. The summed E-state index contributed by atoms with van der Waals surface area (Å²) in [6, 6.07) is 0.514. The number of nitrogens with one attached hydrogen (secondary N) is 1. The van der Waals surface area contributed by atoms with Crippen molar-refractivity contribution in [1.82, 2.24) is 10.2 Å². The molecule has 0 saturated carbocycles. The van der Waals surface area contributed by atoms with Crippen molar-refractivity contribution < 1.29 is 4.74 Å². The number of ether oxygens (including phenoxy) is 1. The average Bonchev–Trinajstić information content (AvgIpc) is 2.29. The van der Waals surface area contributed by atoms with Crippen LogP contribution < -0.4 is 5.32 Å². The summed E-state index contributed by atoms with van der Waals surface area (Å²) in [6.45, 7) is 14.3. The molecular weight excluding hydrogens is 212 g/mol. The predicted octanol–water partition coefficient (Wildman–Crippen LogP) is 2.12. The Morgan fingerprint density at radius 2 is 2.12 bits per heavy atom. The van der Waals surface area contributed by atoms with Crippen molar-refractivity contribution in [3.8, 4) is 0 Å². The van der Waals surface area contributed by atoms with E-state index < -0.39 is 0 Å². The van der Waals surface area contributed by atoms with Gasteiger partial charge in [0, 0.05) is 19.1 Å². The Morgan fingerprint density at radius 1 is 1.35 bits per heavy atom. The highest BCUT2D eigenvalue weighted by Crippen LogP contribution is 2.15. The van der Waals surface area contributed by atoms with Crippen LogP contribution in [0.1, 0.15) is 40.5 Å². The van der Waals surface area contributed by atoms with Gasteiger partial charge in [-0.2, -0.15) is 0 Å². The first kappa shape index (κ1) is 14.9. The van der Waals surface area contributed by atoms with Gasteiger partial charge in [0.05, 0.1) is 12.7 Å². The van der Waals surface area contributed by atoms with Gasteiger partial charge in [-0.25, -0.2) is 0 Å². The molecular formula is C14H30N2O. The summed E-state index contributed by atoms with van der Waals surface area (Å²) in [7, 11) is 0. The van der Waals surface area contributed by atoms with Crippen LogP contribution >= 0.6 is 0 Å². The highest BCUT2D eigenvalue weighted by molar-refractivity contribution is 4.83.